The molecule has 4 rings (SSSR count). The molecule has 0 spiro atoms. The highest BCUT2D eigenvalue weighted by Gasteiger charge is 2.44. The van der Waals surface area contributed by atoms with Gasteiger partial charge in [0.2, 0.25) is 5.78 Å². The summed E-state index contributed by atoms with van der Waals surface area (Å²) >= 11 is 0. The lowest BCUT2D eigenvalue weighted by atomic mass is 9.94. The molecule has 28 heavy (non-hydrogen) atoms. The fraction of sp³-hybridized carbons (Fsp3) is 0.182. The molecule has 6 nitrogen and oxygen atoms in total. The Kier molecular flexibility index (Phi) is 4.39. The van der Waals surface area contributed by atoms with Crippen molar-refractivity contribution in [2.75, 3.05) is 0 Å². The Morgan fingerprint density at radius 2 is 1.86 bits per heavy atom. The van der Waals surface area contributed by atoms with Crippen LogP contribution >= 0.6 is 0 Å². The molecule has 1 atom stereocenters. The van der Waals surface area contributed by atoms with Gasteiger partial charge >= 0.3 is 0 Å². The molecule has 0 saturated carbocycles. The van der Waals surface area contributed by atoms with Crippen molar-refractivity contribution >= 4 is 11.7 Å². The third-order valence-electron chi connectivity index (χ3n) is 4.81. The number of rotatable bonds is 5. The summed E-state index contributed by atoms with van der Waals surface area (Å²) in [7, 11) is 0. The van der Waals surface area contributed by atoms with Gasteiger partial charge in [-0.15, -0.1) is 0 Å². The number of amides is 1. The SMILES string of the molecule is Cc1ccc(C2C(C(=O)c3ccc(C)o3)=C(O)C(=O)N2Cc2ccco2)cc1. The van der Waals surface area contributed by atoms with Crippen molar-refractivity contribution in [3.63, 3.8) is 0 Å². The van der Waals surface area contributed by atoms with Crippen LogP contribution in [-0.2, 0) is 11.3 Å². The summed E-state index contributed by atoms with van der Waals surface area (Å²) in [6, 6.07) is 13.4. The minimum absolute atomic E-state index is 0.00904. The number of furan rings is 2. The van der Waals surface area contributed by atoms with Crippen LogP contribution in [0.5, 0.6) is 0 Å². The van der Waals surface area contributed by atoms with E-state index in [0.29, 0.717) is 11.5 Å². The number of hydrogen-bond donors (Lipinski definition) is 1. The zero-order valence-corrected chi connectivity index (χ0v) is 15.5. The van der Waals surface area contributed by atoms with Gasteiger partial charge in [-0.2, -0.15) is 0 Å². The molecule has 0 fully saturated rings. The highest BCUT2D eigenvalue weighted by atomic mass is 16.3. The van der Waals surface area contributed by atoms with E-state index in [1.54, 1.807) is 31.2 Å². The Hall–Kier alpha value is -3.54. The lowest BCUT2D eigenvalue weighted by Crippen LogP contribution is -2.30. The third kappa shape index (κ3) is 3.03. The normalized spacial score (nSPS) is 16.9. The smallest absolute Gasteiger partial charge is 0.290 e. The van der Waals surface area contributed by atoms with Crippen molar-refractivity contribution in [3.8, 4) is 0 Å². The Morgan fingerprint density at radius 1 is 1.11 bits per heavy atom. The van der Waals surface area contributed by atoms with Crippen LogP contribution in [0.2, 0.25) is 0 Å². The van der Waals surface area contributed by atoms with Gasteiger partial charge in [0, 0.05) is 0 Å². The highest BCUT2D eigenvalue weighted by Crippen LogP contribution is 2.40. The molecular weight excluding hydrogens is 358 g/mol. The van der Waals surface area contributed by atoms with Gasteiger partial charge in [-0.25, -0.2) is 0 Å². The average Bonchev–Trinajstić information content (AvgIpc) is 3.40. The van der Waals surface area contributed by atoms with Crippen LogP contribution in [0.1, 0.15) is 39.2 Å². The average molecular weight is 377 g/mol. The Labute approximate surface area is 161 Å². The number of hydrogen-bond acceptors (Lipinski definition) is 5. The van der Waals surface area contributed by atoms with E-state index in [4.69, 9.17) is 8.83 Å². The first-order valence-electron chi connectivity index (χ1n) is 8.90. The molecule has 1 aliphatic rings. The van der Waals surface area contributed by atoms with Gasteiger partial charge < -0.3 is 18.8 Å². The number of carbonyl (C=O) groups excluding carboxylic acids is 2. The second-order valence-corrected chi connectivity index (χ2v) is 6.83. The molecule has 0 radical (unpaired) electrons. The van der Waals surface area contributed by atoms with Crippen molar-refractivity contribution in [1.29, 1.82) is 0 Å². The maximum absolute atomic E-state index is 13.1. The fourth-order valence-electron chi connectivity index (χ4n) is 3.40. The first-order valence-corrected chi connectivity index (χ1v) is 8.90. The summed E-state index contributed by atoms with van der Waals surface area (Å²) in [5.74, 6) is -0.465. The summed E-state index contributed by atoms with van der Waals surface area (Å²) in [4.78, 5) is 27.4. The van der Waals surface area contributed by atoms with Crippen LogP contribution in [0.3, 0.4) is 0 Å². The first-order chi connectivity index (χ1) is 13.5. The number of ketones is 1. The molecule has 1 aliphatic heterocycles. The van der Waals surface area contributed by atoms with Gasteiger partial charge in [0.05, 0.1) is 24.4 Å². The summed E-state index contributed by atoms with van der Waals surface area (Å²) in [6.45, 7) is 3.81. The number of nitrogens with zero attached hydrogens (tertiary/aromatic N) is 1. The molecule has 3 heterocycles. The minimum Gasteiger partial charge on any atom is -0.503 e. The molecule has 3 aromatic rings. The van der Waals surface area contributed by atoms with Gasteiger partial charge in [0.25, 0.3) is 5.91 Å². The third-order valence-corrected chi connectivity index (χ3v) is 4.81. The molecule has 1 unspecified atom stereocenters. The van der Waals surface area contributed by atoms with E-state index in [9.17, 15) is 14.7 Å². The molecule has 2 aromatic heterocycles. The summed E-state index contributed by atoms with van der Waals surface area (Å²) in [5.41, 5.74) is 1.78. The molecule has 6 heteroatoms. The van der Waals surface area contributed by atoms with E-state index in [1.165, 1.54) is 11.2 Å². The van der Waals surface area contributed by atoms with Gasteiger partial charge in [0.1, 0.15) is 11.5 Å². The predicted molar refractivity (Wildman–Crippen MR) is 101 cm³/mol. The Bertz CT molecular complexity index is 1060. The molecular formula is C22H19NO5. The second kappa shape index (κ2) is 6.88. The van der Waals surface area contributed by atoms with Crippen LogP contribution in [0.15, 0.2) is 75.0 Å². The molecule has 142 valence electrons. The monoisotopic (exact) mass is 377 g/mol. The number of carbonyl (C=O) groups is 2. The van der Waals surface area contributed by atoms with Crippen molar-refractivity contribution in [3.05, 3.63) is 94.5 Å². The van der Waals surface area contributed by atoms with E-state index in [0.717, 1.165) is 11.1 Å². The fourth-order valence-corrected chi connectivity index (χ4v) is 3.40. The van der Waals surface area contributed by atoms with Crippen molar-refractivity contribution in [2.45, 2.75) is 26.4 Å². The van der Waals surface area contributed by atoms with E-state index < -0.39 is 23.5 Å². The van der Waals surface area contributed by atoms with Gasteiger partial charge in [-0.1, -0.05) is 29.8 Å². The zero-order chi connectivity index (χ0) is 19.8. The quantitative estimate of drug-likeness (QED) is 0.672. The van der Waals surface area contributed by atoms with E-state index in [-0.39, 0.29) is 17.9 Å². The summed E-state index contributed by atoms with van der Waals surface area (Å²) < 4.78 is 10.8. The first kappa shape index (κ1) is 17.9. The van der Waals surface area contributed by atoms with E-state index >= 15 is 0 Å². The van der Waals surface area contributed by atoms with Gasteiger partial charge in [0.15, 0.2) is 11.5 Å². The molecule has 0 saturated heterocycles. The van der Waals surface area contributed by atoms with Crippen LogP contribution < -0.4 is 0 Å². The highest BCUT2D eigenvalue weighted by molar-refractivity contribution is 6.15. The zero-order valence-electron chi connectivity index (χ0n) is 15.5. The van der Waals surface area contributed by atoms with Crippen LogP contribution in [0, 0.1) is 13.8 Å². The number of benzene rings is 1. The minimum atomic E-state index is -0.740. The van der Waals surface area contributed by atoms with Crippen LogP contribution in [-0.4, -0.2) is 21.7 Å². The van der Waals surface area contributed by atoms with E-state index in [1.807, 2.05) is 31.2 Å². The number of aliphatic hydroxyl groups is 1. The summed E-state index contributed by atoms with van der Waals surface area (Å²) in [6.07, 6.45) is 1.52. The predicted octanol–water partition coefficient (Wildman–Crippen LogP) is 4.27. The second-order valence-electron chi connectivity index (χ2n) is 6.83. The number of Topliss-reactive ketones (excluding diaryl/α,β-unsaturated/α-hetero) is 1. The molecule has 0 aliphatic carbocycles. The van der Waals surface area contributed by atoms with Gasteiger partial charge in [-0.05, 0) is 43.7 Å². The standard InChI is InChI=1S/C22H19NO5/c1-13-5-8-15(9-6-13)19-18(20(24)17-10-7-14(2)28-17)21(25)22(26)23(19)12-16-4-3-11-27-16/h3-11,19,25H,12H2,1-2H3. The topological polar surface area (TPSA) is 83.9 Å². The van der Waals surface area contributed by atoms with Gasteiger partial charge in [-0.3, -0.25) is 9.59 Å². The lowest BCUT2D eigenvalue weighted by Gasteiger charge is -2.26. The number of aliphatic hydroxyl groups excluding tert-OH is 1. The largest absolute Gasteiger partial charge is 0.503 e. The number of aryl methyl sites for hydroxylation is 2. The maximum atomic E-state index is 13.1. The van der Waals surface area contributed by atoms with Crippen LogP contribution in [0.4, 0.5) is 0 Å². The van der Waals surface area contributed by atoms with Crippen LogP contribution in [0.25, 0.3) is 0 Å². The Balaban J connectivity index is 1.80. The maximum Gasteiger partial charge on any atom is 0.290 e. The molecule has 1 amide bonds. The lowest BCUT2D eigenvalue weighted by molar-refractivity contribution is -0.130. The molecule has 0 bridgehead atoms. The molecule has 1 aromatic carbocycles. The molecule has 1 N–H and O–H groups in total. The van der Waals surface area contributed by atoms with Crippen molar-refractivity contribution in [2.24, 2.45) is 0 Å². The Morgan fingerprint density at radius 3 is 2.46 bits per heavy atom. The van der Waals surface area contributed by atoms with Crippen molar-refractivity contribution in [1.82, 2.24) is 4.90 Å². The summed E-state index contributed by atoms with van der Waals surface area (Å²) in [5, 5.41) is 10.6. The van der Waals surface area contributed by atoms with E-state index in [2.05, 4.69) is 0 Å². The van der Waals surface area contributed by atoms with Crippen molar-refractivity contribution < 1.29 is 23.5 Å².